The number of hydrogen-bond acceptors (Lipinski definition) is 6. The summed E-state index contributed by atoms with van der Waals surface area (Å²) in [6, 6.07) is 23.6. The van der Waals surface area contributed by atoms with Crippen molar-refractivity contribution in [2.75, 3.05) is 34.5 Å². The Labute approximate surface area is 247 Å². The first-order valence-corrected chi connectivity index (χ1v) is 14.9. The first-order chi connectivity index (χ1) is 19.7. The van der Waals surface area contributed by atoms with E-state index < -0.39 is 0 Å². The molecule has 0 aliphatic carbocycles. The lowest BCUT2D eigenvalue weighted by Gasteiger charge is -2.27. The molecule has 0 fully saturated rings. The Kier molecular flexibility index (Phi) is 9.89. The van der Waals surface area contributed by atoms with E-state index in [1.54, 1.807) is 19.3 Å². The van der Waals surface area contributed by atoms with Crippen LogP contribution in [0, 0.1) is 0 Å². The molecule has 0 atom stereocenters. The normalized spacial score (nSPS) is 14.1. The van der Waals surface area contributed by atoms with Gasteiger partial charge in [0.25, 0.3) is 5.91 Å². The van der Waals surface area contributed by atoms with Gasteiger partial charge in [-0.1, -0.05) is 55.9 Å². The van der Waals surface area contributed by atoms with E-state index >= 15 is 0 Å². The van der Waals surface area contributed by atoms with Crippen molar-refractivity contribution in [2.45, 2.75) is 46.6 Å². The molecule has 2 amide bonds. The van der Waals surface area contributed by atoms with Gasteiger partial charge in [0, 0.05) is 30.0 Å². The van der Waals surface area contributed by atoms with Gasteiger partial charge in [0.05, 0.1) is 18.6 Å². The number of nitrogens with one attached hydrogen (secondary N) is 1. The maximum absolute atomic E-state index is 13.6. The zero-order valence-electron chi connectivity index (χ0n) is 24.5. The Bertz CT molecular complexity index is 1430. The van der Waals surface area contributed by atoms with Gasteiger partial charge in [0.2, 0.25) is 5.91 Å². The molecule has 0 unspecified atom stereocenters. The molecule has 3 aromatic carbocycles. The molecule has 1 aliphatic rings. The number of aliphatic imine (C=N–C) groups is 1. The first kappa shape index (κ1) is 29.9. The molecule has 1 N–H and O–H groups in total. The Morgan fingerprint density at radius 1 is 1.05 bits per heavy atom. The topological polar surface area (TPSA) is 74.2 Å². The van der Waals surface area contributed by atoms with E-state index in [1.807, 2.05) is 54.6 Å². The molecule has 0 spiro atoms. The molecular weight excluding hydrogens is 532 g/mol. The Balaban J connectivity index is 1.52. The Hall–Kier alpha value is -4.04. The molecule has 4 rings (SSSR count). The van der Waals surface area contributed by atoms with E-state index in [0.29, 0.717) is 34.3 Å². The third-order valence-corrected chi connectivity index (χ3v) is 7.77. The van der Waals surface area contributed by atoms with Gasteiger partial charge in [0.15, 0.2) is 5.17 Å². The number of rotatable bonds is 10. The molecule has 3 aromatic rings. The van der Waals surface area contributed by atoms with Crippen molar-refractivity contribution >= 4 is 51.9 Å². The van der Waals surface area contributed by atoms with Crippen LogP contribution in [0.5, 0.6) is 5.75 Å². The average molecular weight is 571 g/mol. The van der Waals surface area contributed by atoms with Crippen LogP contribution in [0.15, 0.2) is 83.5 Å². The van der Waals surface area contributed by atoms with Crippen LogP contribution in [0.25, 0.3) is 6.08 Å². The number of anilines is 3. The number of carbonyl (C=O) groups excluding carboxylic acids is 2. The number of benzene rings is 3. The van der Waals surface area contributed by atoms with E-state index in [-0.39, 0.29) is 17.6 Å². The molecule has 0 aromatic heterocycles. The summed E-state index contributed by atoms with van der Waals surface area (Å²) in [5, 5.41) is 3.40. The zero-order chi connectivity index (χ0) is 29.5. The Morgan fingerprint density at radius 2 is 1.76 bits per heavy atom. The summed E-state index contributed by atoms with van der Waals surface area (Å²) in [7, 11) is 1.58. The maximum Gasteiger partial charge on any atom is 0.283 e. The average Bonchev–Trinajstić information content (AvgIpc) is 3.27. The van der Waals surface area contributed by atoms with Crippen molar-refractivity contribution < 1.29 is 14.3 Å². The van der Waals surface area contributed by atoms with Crippen LogP contribution < -0.4 is 19.9 Å². The minimum Gasteiger partial charge on any atom is -0.497 e. The fourth-order valence-electron chi connectivity index (χ4n) is 4.61. The number of carbonyl (C=O) groups is 2. The van der Waals surface area contributed by atoms with Gasteiger partial charge in [-0.2, -0.15) is 0 Å². The second kappa shape index (κ2) is 13.5. The van der Waals surface area contributed by atoms with Gasteiger partial charge in [-0.05, 0) is 80.3 Å². The molecule has 0 saturated carbocycles. The number of thioether (sulfide) groups is 1. The lowest BCUT2D eigenvalue weighted by molar-refractivity contribution is -0.114. The predicted molar refractivity (Wildman–Crippen MR) is 172 cm³/mol. The predicted octanol–water partition coefficient (Wildman–Crippen LogP) is 7.17. The van der Waals surface area contributed by atoms with Gasteiger partial charge >= 0.3 is 0 Å². The van der Waals surface area contributed by atoms with Crippen molar-refractivity contribution in [3.63, 3.8) is 0 Å². The first-order valence-electron chi connectivity index (χ1n) is 13.9. The van der Waals surface area contributed by atoms with Crippen LogP contribution in [0.1, 0.15) is 51.7 Å². The van der Waals surface area contributed by atoms with Crippen LogP contribution in [-0.2, 0) is 9.59 Å². The van der Waals surface area contributed by atoms with E-state index in [2.05, 4.69) is 62.0 Å². The summed E-state index contributed by atoms with van der Waals surface area (Å²) in [6.45, 7) is 11.6. The molecular formula is C33H38N4O3S. The molecule has 41 heavy (non-hydrogen) atoms. The third-order valence-electron chi connectivity index (χ3n) is 6.83. The van der Waals surface area contributed by atoms with Crippen LogP contribution in [0.4, 0.5) is 17.1 Å². The maximum atomic E-state index is 13.6. The summed E-state index contributed by atoms with van der Waals surface area (Å²) in [5.74, 6) is 0.709. The summed E-state index contributed by atoms with van der Waals surface area (Å²) in [6.07, 6.45) is 1.78. The summed E-state index contributed by atoms with van der Waals surface area (Å²) in [4.78, 5) is 35.0. The monoisotopic (exact) mass is 570 g/mol. The van der Waals surface area contributed by atoms with Gasteiger partial charge in [-0.25, -0.2) is 4.99 Å². The molecule has 0 bridgehead atoms. The van der Waals surface area contributed by atoms with Crippen molar-refractivity contribution in [3.05, 3.63) is 89.6 Å². The lowest BCUT2D eigenvalue weighted by Crippen LogP contribution is -2.31. The number of hydrogen-bond donors (Lipinski definition) is 1. The van der Waals surface area contributed by atoms with Crippen LogP contribution in [0.3, 0.4) is 0 Å². The highest BCUT2D eigenvalue weighted by atomic mass is 32.2. The second-order valence-corrected chi connectivity index (χ2v) is 11.3. The number of nitrogens with zero attached hydrogens (tertiary/aromatic N) is 3. The minimum absolute atomic E-state index is 0.0950. The summed E-state index contributed by atoms with van der Waals surface area (Å²) >= 11 is 1.22. The largest absolute Gasteiger partial charge is 0.497 e. The van der Waals surface area contributed by atoms with Crippen molar-refractivity contribution in [3.8, 4) is 5.75 Å². The lowest BCUT2D eigenvalue weighted by atomic mass is 10.0. The minimum atomic E-state index is -0.254. The zero-order valence-corrected chi connectivity index (χ0v) is 25.4. The smallest absolute Gasteiger partial charge is 0.283 e. The van der Waals surface area contributed by atoms with Crippen molar-refractivity contribution in [1.29, 1.82) is 0 Å². The molecule has 1 heterocycles. The highest BCUT2D eigenvalue weighted by molar-refractivity contribution is 8.14. The van der Waals surface area contributed by atoms with Crippen LogP contribution in [-0.4, -0.2) is 42.4 Å². The third kappa shape index (κ3) is 7.38. The molecule has 7 nitrogen and oxygen atoms in total. The quantitative estimate of drug-likeness (QED) is 0.262. The number of methoxy groups -OCH3 is 1. The van der Waals surface area contributed by atoms with Crippen LogP contribution in [0.2, 0.25) is 0 Å². The van der Waals surface area contributed by atoms with Crippen molar-refractivity contribution in [2.24, 2.45) is 4.99 Å². The molecule has 1 aliphatic heterocycles. The number of amidine groups is 1. The van der Waals surface area contributed by atoms with Crippen LogP contribution >= 0.6 is 11.8 Å². The van der Waals surface area contributed by atoms with E-state index in [0.717, 1.165) is 23.5 Å². The van der Waals surface area contributed by atoms with E-state index in [1.165, 1.54) is 22.2 Å². The van der Waals surface area contributed by atoms with E-state index in [9.17, 15) is 9.59 Å². The standard InChI is InChI=1S/C33H38N4O3S/c1-7-36(23(4)5)27-17-15-26(16-18-27)34-31(38)21-41-33-35-30(19-24-11-13-25(14-12-24)22(2)3)32(39)37(33)28-9-8-10-29(20-28)40-6/h8-20,22-23H,7,21H2,1-6H3,(H,34,38)/b30-19-. The molecule has 0 saturated heterocycles. The molecule has 214 valence electrons. The van der Waals surface area contributed by atoms with Crippen molar-refractivity contribution in [1.82, 2.24) is 0 Å². The Morgan fingerprint density at radius 3 is 2.37 bits per heavy atom. The van der Waals surface area contributed by atoms with Gasteiger partial charge in [0.1, 0.15) is 11.4 Å². The van der Waals surface area contributed by atoms with Gasteiger partial charge in [-0.3, -0.25) is 14.5 Å². The fraction of sp³-hybridized carbons (Fsp3) is 0.303. The summed E-state index contributed by atoms with van der Waals surface area (Å²) < 4.78 is 5.38. The number of amides is 2. The number of ether oxygens (including phenoxy) is 1. The highest BCUT2D eigenvalue weighted by Crippen LogP contribution is 2.32. The molecule has 0 radical (unpaired) electrons. The van der Waals surface area contributed by atoms with Gasteiger partial charge < -0.3 is 15.0 Å². The fourth-order valence-corrected chi connectivity index (χ4v) is 5.43. The van der Waals surface area contributed by atoms with E-state index in [4.69, 9.17) is 4.74 Å². The molecule has 8 heteroatoms. The highest BCUT2D eigenvalue weighted by Gasteiger charge is 2.32. The summed E-state index contributed by atoms with van der Waals surface area (Å²) in [5.41, 5.74) is 4.89. The van der Waals surface area contributed by atoms with Gasteiger partial charge in [-0.15, -0.1) is 0 Å². The second-order valence-electron chi connectivity index (χ2n) is 10.4. The SMILES string of the molecule is CCN(c1ccc(NC(=O)CSC2=N/C(=C\c3ccc(C(C)C)cc3)C(=O)N2c2cccc(OC)c2)cc1)C(C)C.